The Morgan fingerprint density at radius 3 is 2.66 bits per heavy atom. The third kappa shape index (κ3) is 6.65. The van der Waals surface area contributed by atoms with E-state index in [1.807, 2.05) is 31.2 Å². The SMILES string of the molecule is CCCNC(=O)CN1CCC(NC(=O)c2occc2CSc2ccccc2)CC1. The number of likely N-dealkylation sites (tertiary alicyclic amines) is 1. The number of thioether (sulfide) groups is 1. The quantitative estimate of drug-likeness (QED) is 0.615. The molecule has 1 saturated heterocycles. The monoisotopic (exact) mass is 415 g/mol. The number of hydrogen-bond donors (Lipinski definition) is 2. The number of furan rings is 1. The zero-order valence-electron chi connectivity index (χ0n) is 16.9. The van der Waals surface area contributed by atoms with Crippen molar-refractivity contribution < 1.29 is 14.0 Å². The zero-order valence-corrected chi connectivity index (χ0v) is 17.7. The minimum atomic E-state index is -0.155. The molecule has 0 atom stereocenters. The lowest BCUT2D eigenvalue weighted by Gasteiger charge is -2.31. The second-order valence-corrected chi connectivity index (χ2v) is 8.30. The molecule has 0 bridgehead atoms. The van der Waals surface area contributed by atoms with E-state index in [4.69, 9.17) is 4.42 Å². The molecular weight excluding hydrogens is 386 g/mol. The number of piperidine rings is 1. The summed E-state index contributed by atoms with van der Waals surface area (Å²) in [5.74, 6) is 1.01. The summed E-state index contributed by atoms with van der Waals surface area (Å²) >= 11 is 1.68. The van der Waals surface area contributed by atoms with Gasteiger partial charge in [-0.3, -0.25) is 14.5 Å². The van der Waals surface area contributed by atoms with Gasteiger partial charge in [-0.2, -0.15) is 0 Å². The number of nitrogens with one attached hydrogen (secondary N) is 2. The van der Waals surface area contributed by atoms with Crippen LogP contribution < -0.4 is 10.6 Å². The lowest BCUT2D eigenvalue weighted by molar-refractivity contribution is -0.122. The Labute approximate surface area is 176 Å². The Bertz CT molecular complexity index is 786. The average Bonchev–Trinajstić information content (AvgIpc) is 3.22. The van der Waals surface area contributed by atoms with E-state index in [2.05, 4.69) is 27.7 Å². The van der Waals surface area contributed by atoms with E-state index >= 15 is 0 Å². The molecule has 6 nitrogen and oxygen atoms in total. The Kier molecular flexibility index (Phi) is 8.19. The maximum atomic E-state index is 12.7. The van der Waals surface area contributed by atoms with E-state index in [-0.39, 0.29) is 17.9 Å². The highest BCUT2D eigenvalue weighted by Gasteiger charge is 2.24. The van der Waals surface area contributed by atoms with Crippen LogP contribution in [0.3, 0.4) is 0 Å². The van der Waals surface area contributed by atoms with Crippen LogP contribution in [0.1, 0.15) is 42.3 Å². The Hall–Kier alpha value is -2.25. The van der Waals surface area contributed by atoms with Gasteiger partial charge in [-0.1, -0.05) is 25.1 Å². The summed E-state index contributed by atoms with van der Waals surface area (Å²) in [5, 5.41) is 6.01. The van der Waals surface area contributed by atoms with Crippen molar-refractivity contribution in [3.8, 4) is 0 Å². The fraction of sp³-hybridized carbons (Fsp3) is 0.455. The Morgan fingerprint density at radius 2 is 1.93 bits per heavy atom. The fourth-order valence-corrected chi connectivity index (χ4v) is 4.24. The first kappa shape index (κ1) is 21.5. The van der Waals surface area contributed by atoms with Crippen LogP contribution in [-0.2, 0) is 10.5 Å². The average molecular weight is 416 g/mol. The van der Waals surface area contributed by atoms with Crippen LogP contribution in [0.25, 0.3) is 0 Å². The van der Waals surface area contributed by atoms with Crippen molar-refractivity contribution in [3.05, 3.63) is 54.0 Å². The third-order valence-electron chi connectivity index (χ3n) is 4.95. The first-order valence-corrected chi connectivity index (χ1v) is 11.2. The van der Waals surface area contributed by atoms with E-state index in [9.17, 15) is 9.59 Å². The van der Waals surface area contributed by atoms with Crippen molar-refractivity contribution in [2.45, 2.75) is 42.9 Å². The van der Waals surface area contributed by atoms with E-state index < -0.39 is 0 Å². The van der Waals surface area contributed by atoms with E-state index in [1.54, 1.807) is 18.0 Å². The van der Waals surface area contributed by atoms with Gasteiger partial charge in [-0.05, 0) is 37.5 Å². The van der Waals surface area contributed by atoms with Gasteiger partial charge in [0, 0.05) is 41.9 Å². The molecule has 1 fully saturated rings. The summed E-state index contributed by atoms with van der Waals surface area (Å²) in [6.45, 7) is 4.80. The maximum absolute atomic E-state index is 12.7. The molecule has 29 heavy (non-hydrogen) atoms. The molecule has 0 spiro atoms. The molecule has 0 radical (unpaired) electrons. The largest absolute Gasteiger partial charge is 0.459 e. The van der Waals surface area contributed by atoms with Crippen LogP contribution in [0.5, 0.6) is 0 Å². The van der Waals surface area contributed by atoms with Crippen LogP contribution in [-0.4, -0.2) is 48.9 Å². The minimum absolute atomic E-state index is 0.0745. The summed E-state index contributed by atoms with van der Waals surface area (Å²) in [6, 6.07) is 12.1. The van der Waals surface area contributed by atoms with Crippen molar-refractivity contribution in [1.29, 1.82) is 0 Å². The molecule has 1 aliphatic heterocycles. The van der Waals surface area contributed by atoms with Gasteiger partial charge in [0.1, 0.15) is 0 Å². The van der Waals surface area contributed by atoms with Gasteiger partial charge in [0.15, 0.2) is 5.76 Å². The summed E-state index contributed by atoms with van der Waals surface area (Å²) in [7, 11) is 0. The molecule has 2 heterocycles. The standard InChI is InChI=1S/C22H29N3O3S/c1-2-11-23-20(26)15-25-12-8-18(9-13-25)24-22(27)21-17(10-14-28-21)16-29-19-6-4-3-5-7-19/h3-7,10,14,18H,2,8-9,11-13,15-16H2,1H3,(H,23,26)(H,24,27). The summed E-state index contributed by atoms with van der Waals surface area (Å²) in [5.41, 5.74) is 0.904. The highest BCUT2D eigenvalue weighted by Crippen LogP contribution is 2.25. The van der Waals surface area contributed by atoms with E-state index in [0.29, 0.717) is 18.1 Å². The molecule has 2 aromatic rings. The van der Waals surface area contributed by atoms with Crippen LogP contribution in [0, 0.1) is 0 Å². The maximum Gasteiger partial charge on any atom is 0.287 e. The van der Waals surface area contributed by atoms with Gasteiger partial charge in [0.05, 0.1) is 12.8 Å². The summed E-state index contributed by atoms with van der Waals surface area (Å²) in [6.07, 6.45) is 4.19. The van der Waals surface area contributed by atoms with Crippen LogP contribution in [0.2, 0.25) is 0 Å². The van der Waals surface area contributed by atoms with Crippen LogP contribution in [0.4, 0.5) is 0 Å². The summed E-state index contributed by atoms with van der Waals surface area (Å²) < 4.78 is 5.48. The molecule has 2 amide bonds. The van der Waals surface area contributed by atoms with Gasteiger partial charge >= 0.3 is 0 Å². The third-order valence-corrected chi connectivity index (χ3v) is 6.01. The predicted molar refractivity (Wildman–Crippen MR) is 115 cm³/mol. The highest BCUT2D eigenvalue weighted by atomic mass is 32.2. The number of rotatable bonds is 9. The molecule has 7 heteroatoms. The molecule has 1 aromatic carbocycles. The van der Waals surface area contributed by atoms with Gasteiger partial charge < -0.3 is 15.1 Å². The van der Waals surface area contributed by atoms with Crippen LogP contribution in [0.15, 0.2) is 52.0 Å². The van der Waals surface area contributed by atoms with Gasteiger partial charge in [-0.15, -0.1) is 11.8 Å². The van der Waals surface area contributed by atoms with Crippen molar-refractivity contribution in [2.24, 2.45) is 0 Å². The number of hydrogen-bond acceptors (Lipinski definition) is 5. The molecule has 0 saturated carbocycles. The number of nitrogens with zero attached hydrogens (tertiary/aromatic N) is 1. The lowest BCUT2D eigenvalue weighted by Crippen LogP contribution is -2.47. The highest BCUT2D eigenvalue weighted by molar-refractivity contribution is 7.98. The molecule has 3 rings (SSSR count). The van der Waals surface area contributed by atoms with Gasteiger partial charge in [0.25, 0.3) is 5.91 Å². The topological polar surface area (TPSA) is 74.6 Å². The lowest BCUT2D eigenvalue weighted by atomic mass is 10.0. The second-order valence-electron chi connectivity index (χ2n) is 7.25. The van der Waals surface area contributed by atoms with E-state index in [1.165, 1.54) is 0 Å². The fourth-order valence-electron chi connectivity index (χ4n) is 3.34. The smallest absolute Gasteiger partial charge is 0.287 e. The first-order chi connectivity index (χ1) is 14.2. The minimum Gasteiger partial charge on any atom is -0.459 e. The second kappa shape index (κ2) is 11.1. The van der Waals surface area contributed by atoms with Crippen molar-refractivity contribution >= 4 is 23.6 Å². The Morgan fingerprint density at radius 1 is 1.17 bits per heavy atom. The molecule has 0 unspecified atom stereocenters. The molecule has 1 aliphatic rings. The normalized spacial score (nSPS) is 15.2. The summed E-state index contributed by atoms with van der Waals surface area (Å²) in [4.78, 5) is 27.8. The molecule has 156 valence electrons. The number of amides is 2. The Balaban J connectivity index is 1.44. The van der Waals surface area contributed by atoms with Gasteiger partial charge in [-0.25, -0.2) is 0 Å². The predicted octanol–water partition coefficient (Wildman–Crippen LogP) is 3.29. The number of carbonyl (C=O) groups excluding carboxylic acids is 2. The van der Waals surface area contributed by atoms with Crippen LogP contribution >= 0.6 is 11.8 Å². The molecular formula is C22H29N3O3S. The molecule has 2 N–H and O–H groups in total. The molecule has 0 aliphatic carbocycles. The zero-order chi connectivity index (χ0) is 20.5. The molecule has 1 aromatic heterocycles. The first-order valence-electron chi connectivity index (χ1n) is 10.2. The number of carbonyl (C=O) groups is 2. The number of benzene rings is 1. The van der Waals surface area contributed by atoms with E-state index in [0.717, 1.165) is 49.4 Å². The van der Waals surface area contributed by atoms with Crippen molar-refractivity contribution in [1.82, 2.24) is 15.5 Å². The van der Waals surface area contributed by atoms with Crippen molar-refractivity contribution in [3.63, 3.8) is 0 Å². The van der Waals surface area contributed by atoms with Gasteiger partial charge in [0.2, 0.25) is 5.91 Å². The van der Waals surface area contributed by atoms with Crippen molar-refractivity contribution in [2.75, 3.05) is 26.2 Å².